The van der Waals surface area contributed by atoms with Gasteiger partial charge in [-0.1, -0.05) is 22.0 Å². The summed E-state index contributed by atoms with van der Waals surface area (Å²) < 4.78 is 14.1. The van der Waals surface area contributed by atoms with Crippen LogP contribution in [0.3, 0.4) is 0 Å². The molecule has 2 N–H and O–H groups in total. The fourth-order valence-electron chi connectivity index (χ4n) is 1.77. The highest BCUT2D eigenvalue weighted by Crippen LogP contribution is 2.25. The lowest BCUT2D eigenvalue weighted by Gasteiger charge is -2.15. The van der Waals surface area contributed by atoms with Crippen molar-refractivity contribution in [2.45, 2.75) is 13.0 Å². The molecule has 1 atom stereocenters. The maximum atomic E-state index is 13.1. The van der Waals surface area contributed by atoms with E-state index in [1.165, 1.54) is 12.3 Å². The summed E-state index contributed by atoms with van der Waals surface area (Å²) in [5.74, 6) is -0.368. The van der Waals surface area contributed by atoms with Crippen LogP contribution in [0.5, 0.6) is 0 Å². The van der Waals surface area contributed by atoms with E-state index in [-0.39, 0.29) is 11.9 Å². The number of nitrogens with zero attached hydrogens (tertiary/aromatic N) is 1. The van der Waals surface area contributed by atoms with Crippen LogP contribution >= 0.6 is 15.9 Å². The van der Waals surface area contributed by atoms with Crippen LogP contribution in [0.25, 0.3) is 0 Å². The topological polar surface area (TPSA) is 38.9 Å². The largest absolute Gasteiger partial charge is 0.320 e. The Morgan fingerprint density at radius 1 is 1.29 bits per heavy atom. The Bertz CT molecular complexity index is 543. The third-order valence-corrected chi connectivity index (χ3v) is 3.15. The molecule has 1 aromatic heterocycles. The highest BCUT2D eigenvalue weighted by molar-refractivity contribution is 9.10. The van der Waals surface area contributed by atoms with Gasteiger partial charge >= 0.3 is 0 Å². The van der Waals surface area contributed by atoms with Crippen molar-refractivity contribution in [2.75, 3.05) is 0 Å². The van der Waals surface area contributed by atoms with Gasteiger partial charge in [0.25, 0.3) is 0 Å². The highest BCUT2D eigenvalue weighted by Gasteiger charge is 2.12. The summed E-state index contributed by atoms with van der Waals surface area (Å²) in [7, 11) is 0. The third kappa shape index (κ3) is 2.70. The van der Waals surface area contributed by atoms with Crippen LogP contribution in [-0.2, 0) is 0 Å². The van der Waals surface area contributed by atoms with Crippen LogP contribution in [0.1, 0.15) is 22.7 Å². The first-order chi connectivity index (χ1) is 8.08. The zero-order valence-corrected chi connectivity index (χ0v) is 10.9. The molecule has 2 nitrogen and oxygen atoms in total. The SMILES string of the molecule is Cc1cc(Br)ccc1C(N)c1cncc(F)c1. The predicted octanol–water partition coefficient (Wildman–Crippen LogP) is 3.34. The Morgan fingerprint density at radius 3 is 2.71 bits per heavy atom. The average Bonchev–Trinajstić information content (AvgIpc) is 2.28. The lowest BCUT2D eigenvalue weighted by molar-refractivity contribution is 0.616. The second-order valence-electron chi connectivity index (χ2n) is 3.92. The van der Waals surface area contributed by atoms with E-state index in [9.17, 15) is 4.39 Å². The minimum Gasteiger partial charge on any atom is -0.320 e. The summed E-state index contributed by atoms with van der Waals surface area (Å²) in [6.45, 7) is 1.98. The van der Waals surface area contributed by atoms with Gasteiger partial charge in [-0.2, -0.15) is 0 Å². The minimum atomic E-state index is -0.368. The van der Waals surface area contributed by atoms with Crippen molar-refractivity contribution in [1.29, 1.82) is 0 Å². The summed E-state index contributed by atoms with van der Waals surface area (Å²) >= 11 is 3.40. The third-order valence-electron chi connectivity index (χ3n) is 2.65. The minimum absolute atomic E-state index is 0.355. The fraction of sp³-hybridized carbons (Fsp3) is 0.154. The van der Waals surface area contributed by atoms with E-state index in [2.05, 4.69) is 20.9 Å². The molecule has 88 valence electrons. The number of nitrogens with two attached hydrogens (primary N) is 1. The molecule has 17 heavy (non-hydrogen) atoms. The van der Waals surface area contributed by atoms with Crippen LogP contribution in [0.15, 0.2) is 41.1 Å². The molecule has 0 saturated carbocycles. The first kappa shape index (κ1) is 12.2. The van der Waals surface area contributed by atoms with Gasteiger partial charge in [0.1, 0.15) is 5.82 Å². The maximum absolute atomic E-state index is 13.1. The Kier molecular flexibility index (Phi) is 3.54. The van der Waals surface area contributed by atoms with Gasteiger partial charge in [0.15, 0.2) is 0 Å². The molecule has 4 heteroatoms. The predicted molar refractivity (Wildman–Crippen MR) is 69.1 cm³/mol. The number of hydrogen-bond acceptors (Lipinski definition) is 2. The normalized spacial score (nSPS) is 12.5. The van der Waals surface area contributed by atoms with Crippen LogP contribution in [0, 0.1) is 12.7 Å². The molecule has 0 saturated heterocycles. The Hall–Kier alpha value is -1.26. The summed E-state index contributed by atoms with van der Waals surface area (Å²) in [5, 5.41) is 0. The van der Waals surface area contributed by atoms with Gasteiger partial charge in [-0.3, -0.25) is 4.98 Å². The number of rotatable bonds is 2. The second-order valence-corrected chi connectivity index (χ2v) is 4.83. The van der Waals surface area contributed by atoms with Crippen molar-refractivity contribution in [3.8, 4) is 0 Å². The molecule has 2 rings (SSSR count). The molecule has 1 heterocycles. The van der Waals surface area contributed by atoms with Gasteiger partial charge in [-0.15, -0.1) is 0 Å². The molecule has 1 aromatic carbocycles. The van der Waals surface area contributed by atoms with Crippen molar-refractivity contribution in [3.63, 3.8) is 0 Å². The summed E-state index contributed by atoms with van der Waals surface area (Å²) in [6, 6.07) is 6.91. The lowest BCUT2D eigenvalue weighted by Crippen LogP contribution is -2.13. The fourth-order valence-corrected chi connectivity index (χ4v) is 2.24. The van der Waals surface area contributed by atoms with Crippen molar-refractivity contribution < 1.29 is 4.39 Å². The molecule has 0 radical (unpaired) electrons. The average molecular weight is 295 g/mol. The van der Waals surface area contributed by atoms with E-state index in [1.54, 1.807) is 6.20 Å². The van der Waals surface area contributed by atoms with Gasteiger partial charge in [-0.25, -0.2) is 4.39 Å². The molecule has 0 amide bonds. The second kappa shape index (κ2) is 4.94. The monoisotopic (exact) mass is 294 g/mol. The molecule has 0 aliphatic heterocycles. The molecule has 0 aliphatic carbocycles. The molecule has 1 unspecified atom stereocenters. The summed E-state index contributed by atoms with van der Waals surface area (Å²) in [6.07, 6.45) is 2.76. The zero-order valence-electron chi connectivity index (χ0n) is 9.32. The van der Waals surface area contributed by atoms with Gasteiger partial charge in [0.2, 0.25) is 0 Å². The van der Waals surface area contributed by atoms with Gasteiger partial charge in [-0.05, 0) is 41.8 Å². The van der Waals surface area contributed by atoms with Gasteiger partial charge < -0.3 is 5.73 Å². The first-order valence-corrected chi connectivity index (χ1v) is 5.99. The van der Waals surface area contributed by atoms with E-state index in [0.717, 1.165) is 15.6 Å². The van der Waals surface area contributed by atoms with Crippen molar-refractivity contribution >= 4 is 15.9 Å². The number of aromatic nitrogens is 1. The van der Waals surface area contributed by atoms with Crippen molar-refractivity contribution in [2.24, 2.45) is 5.73 Å². The molecule has 2 aromatic rings. The number of benzene rings is 1. The maximum Gasteiger partial charge on any atom is 0.141 e. The molecule has 0 bridgehead atoms. The van der Waals surface area contributed by atoms with Crippen molar-refractivity contribution in [3.05, 3.63) is 63.6 Å². The number of hydrogen-bond donors (Lipinski definition) is 1. The van der Waals surface area contributed by atoms with E-state index in [0.29, 0.717) is 5.56 Å². The molecule has 0 spiro atoms. The number of aryl methyl sites for hydroxylation is 1. The smallest absolute Gasteiger partial charge is 0.141 e. The molecule has 0 aliphatic rings. The Morgan fingerprint density at radius 2 is 2.06 bits per heavy atom. The lowest BCUT2D eigenvalue weighted by atomic mass is 9.97. The quantitative estimate of drug-likeness (QED) is 0.923. The number of pyridine rings is 1. The van der Waals surface area contributed by atoms with Crippen molar-refractivity contribution in [1.82, 2.24) is 4.98 Å². The zero-order chi connectivity index (χ0) is 12.4. The molecular weight excluding hydrogens is 283 g/mol. The molecular formula is C13H12BrFN2. The summed E-state index contributed by atoms with van der Waals surface area (Å²) in [4.78, 5) is 3.81. The van der Waals surface area contributed by atoms with Crippen LogP contribution in [0.2, 0.25) is 0 Å². The van der Waals surface area contributed by atoms with E-state index >= 15 is 0 Å². The van der Waals surface area contributed by atoms with E-state index < -0.39 is 0 Å². The van der Waals surface area contributed by atoms with E-state index in [1.807, 2.05) is 25.1 Å². The van der Waals surface area contributed by atoms with E-state index in [4.69, 9.17) is 5.73 Å². The van der Waals surface area contributed by atoms with Crippen LogP contribution in [0.4, 0.5) is 4.39 Å². The Labute approximate surface area is 108 Å². The van der Waals surface area contributed by atoms with Crippen LogP contribution in [-0.4, -0.2) is 4.98 Å². The molecule has 0 fully saturated rings. The standard InChI is InChI=1S/C13H12BrFN2/c1-8-4-10(14)2-3-12(8)13(16)9-5-11(15)7-17-6-9/h2-7,13H,16H2,1H3. The van der Waals surface area contributed by atoms with Gasteiger partial charge in [0, 0.05) is 10.7 Å². The first-order valence-electron chi connectivity index (χ1n) is 5.20. The summed E-state index contributed by atoms with van der Waals surface area (Å²) in [5.41, 5.74) is 8.83. The highest BCUT2D eigenvalue weighted by atomic mass is 79.9. The Balaban J connectivity index is 2.40. The van der Waals surface area contributed by atoms with Crippen LogP contribution < -0.4 is 5.73 Å². The van der Waals surface area contributed by atoms with Gasteiger partial charge in [0.05, 0.1) is 12.2 Å². The number of halogens is 2.